The molecule has 0 N–H and O–H groups in total. The topological polar surface area (TPSA) is 34.1 Å². The first-order valence-corrected chi connectivity index (χ1v) is 8.42. The summed E-state index contributed by atoms with van der Waals surface area (Å²) in [5, 5.41) is 0. The molecule has 0 amide bonds. The first kappa shape index (κ1) is 17.4. The molecule has 0 fully saturated rings. The monoisotopic (exact) mass is 310 g/mol. The van der Waals surface area contributed by atoms with Crippen LogP contribution in [-0.2, 0) is 9.59 Å². The molecule has 0 saturated carbocycles. The van der Waals surface area contributed by atoms with E-state index in [9.17, 15) is 9.59 Å². The summed E-state index contributed by atoms with van der Waals surface area (Å²) in [6.07, 6.45) is 14.9. The number of ketones is 2. The van der Waals surface area contributed by atoms with Gasteiger partial charge in [0.25, 0.3) is 0 Å². The molecule has 3 aliphatic rings. The molecule has 0 unspecified atom stereocenters. The van der Waals surface area contributed by atoms with Gasteiger partial charge in [0, 0.05) is 11.1 Å². The predicted molar refractivity (Wildman–Crippen MR) is 95.2 cm³/mol. The highest BCUT2D eigenvalue weighted by Gasteiger charge is 2.19. The van der Waals surface area contributed by atoms with Crippen LogP contribution in [-0.4, -0.2) is 11.6 Å². The molecular formula is C21H26O2. The normalized spacial score (nSPS) is 28.0. The minimum absolute atomic E-state index is 0.0124. The number of carbonyl (C=O) groups is 2. The molecule has 2 bridgehead atoms. The average molecular weight is 310 g/mol. The smallest absolute Gasteiger partial charge is 0.182 e. The van der Waals surface area contributed by atoms with E-state index in [0.29, 0.717) is 24.0 Å². The minimum atomic E-state index is -0.0146. The number of hydrogen-bond donors (Lipinski definition) is 0. The van der Waals surface area contributed by atoms with E-state index in [1.54, 1.807) is 0 Å². The lowest BCUT2D eigenvalue weighted by Gasteiger charge is -2.12. The first-order chi connectivity index (χ1) is 11.0. The molecule has 0 aromatic rings. The Balaban J connectivity index is 2.25. The predicted octanol–water partition coefficient (Wildman–Crippen LogP) is 5.18. The van der Waals surface area contributed by atoms with Crippen molar-refractivity contribution in [1.29, 1.82) is 0 Å². The Kier molecular flexibility index (Phi) is 6.09. The molecule has 0 saturated heterocycles. The van der Waals surface area contributed by atoms with Crippen LogP contribution in [0.15, 0.2) is 58.2 Å². The molecule has 122 valence electrons. The van der Waals surface area contributed by atoms with Crippen LogP contribution in [0, 0.1) is 0 Å². The third-order valence-corrected chi connectivity index (χ3v) is 4.45. The van der Waals surface area contributed by atoms with Gasteiger partial charge in [-0.3, -0.25) is 9.59 Å². The Morgan fingerprint density at radius 1 is 0.696 bits per heavy atom. The van der Waals surface area contributed by atoms with Gasteiger partial charge in [0.1, 0.15) is 0 Å². The van der Waals surface area contributed by atoms with Gasteiger partial charge in [-0.25, -0.2) is 0 Å². The summed E-state index contributed by atoms with van der Waals surface area (Å²) in [5.41, 5.74) is 5.08. The van der Waals surface area contributed by atoms with Crippen molar-refractivity contribution in [1.82, 2.24) is 0 Å². The fourth-order valence-corrected chi connectivity index (χ4v) is 2.90. The van der Waals surface area contributed by atoms with Gasteiger partial charge >= 0.3 is 0 Å². The second-order valence-electron chi connectivity index (χ2n) is 6.68. The molecule has 0 aliphatic heterocycles. The standard InChI is InChI=1S/C21H26O2/c1-15-6-4-8-16(2)10-11-18-13-21(23)19(14-20(18)22)12-17(3)9-5-7-15/h6,9-10,13-14H,4-5,7-8,11-12H2,1-3H3/b15-6-,16-10-,17-9-. The van der Waals surface area contributed by atoms with E-state index in [1.165, 1.54) is 23.3 Å². The fourth-order valence-electron chi connectivity index (χ4n) is 2.90. The second kappa shape index (κ2) is 8.05. The molecule has 3 rings (SSSR count). The zero-order valence-corrected chi connectivity index (χ0v) is 14.4. The molecule has 0 aromatic heterocycles. The van der Waals surface area contributed by atoms with Crippen molar-refractivity contribution >= 4 is 11.6 Å². The molecule has 0 aromatic carbocycles. The Hall–Kier alpha value is -1.96. The van der Waals surface area contributed by atoms with E-state index in [-0.39, 0.29) is 11.6 Å². The summed E-state index contributed by atoms with van der Waals surface area (Å²) in [6, 6.07) is 0. The molecule has 0 atom stereocenters. The number of carbonyl (C=O) groups excluding carboxylic acids is 2. The summed E-state index contributed by atoms with van der Waals surface area (Å²) in [4.78, 5) is 24.5. The van der Waals surface area contributed by atoms with Gasteiger partial charge in [0.2, 0.25) is 0 Å². The summed E-state index contributed by atoms with van der Waals surface area (Å²) in [5.74, 6) is -0.0270. The van der Waals surface area contributed by atoms with E-state index < -0.39 is 0 Å². The van der Waals surface area contributed by atoms with Gasteiger partial charge in [-0.05, 0) is 71.4 Å². The third-order valence-electron chi connectivity index (χ3n) is 4.45. The molecule has 23 heavy (non-hydrogen) atoms. The lowest BCUT2D eigenvalue weighted by molar-refractivity contribution is -0.115. The third kappa shape index (κ3) is 5.31. The summed E-state index contributed by atoms with van der Waals surface area (Å²) < 4.78 is 0. The SMILES string of the molecule is C/C1=C/CC/C(C)=C\CC2=CC(=O)C(=CC2=O)C/C(C)=C\CC1. The van der Waals surface area contributed by atoms with Crippen LogP contribution in [0.25, 0.3) is 0 Å². The summed E-state index contributed by atoms with van der Waals surface area (Å²) >= 11 is 0. The highest BCUT2D eigenvalue weighted by Crippen LogP contribution is 2.22. The summed E-state index contributed by atoms with van der Waals surface area (Å²) in [6.45, 7) is 6.31. The van der Waals surface area contributed by atoms with Crippen molar-refractivity contribution < 1.29 is 9.59 Å². The van der Waals surface area contributed by atoms with Crippen LogP contribution in [0.1, 0.15) is 59.3 Å². The number of hydrogen-bond acceptors (Lipinski definition) is 2. The van der Waals surface area contributed by atoms with Crippen LogP contribution in [0.3, 0.4) is 0 Å². The molecule has 0 radical (unpaired) electrons. The van der Waals surface area contributed by atoms with Gasteiger partial charge in [0.15, 0.2) is 11.6 Å². The van der Waals surface area contributed by atoms with Crippen molar-refractivity contribution in [3.8, 4) is 0 Å². The number of fused-ring (bicyclic) bond motifs is 10. The van der Waals surface area contributed by atoms with Crippen LogP contribution >= 0.6 is 0 Å². The minimum Gasteiger partial charge on any atom is -0.290 e. The van der Waals surface area contributed by atoms with Crippen molar-refractivity contribution in [3.63, 3.8) is 0 Å². The fraction of sp³-hybridized carbons (Fsp3) is 0.429. The Labute approximate surface area is 139 Å². The molecule has 2 nitrogen and oxygen atoms in total. The van der Waals surface area contributed by atoms with Gasteiger partial charge in [-0.15, -0.1) is 0 Å². The number of allylic oxidation sites excluding steroid dienone is 10. The Bertz CT molecular complexity index is 651. The maximum atomic E-state index is 12.2. The highest BCUT2D eigenvalue weighted by molar-refractivity contribution is 6.20. The Morgan fingerprint density at radius 2 is 1.22 bits per heavy atom. The van der Waals surface area contributed by atoms with E-state index in [1.807, 2.05) is 6.92 Å². The van der Waals surface area contributed by atoms with E-state index in [2.05, 4.69) is 32.1 Å². The van der Waals surface area contributed by atoms with Gasteiger partial charge in [0.05, 0.1) is 0 Å². The van der Waals surface area contributed by atoms with Gasteiger partial charge < -0.3 is 0 Å². The van der Waals surface area contributed by atoms with Crippen molar-refractivity contribution in [2.75, 3.05) is 0 Å². The van der Waals surface area contributed by atoms with Gasteiger partial charge in [-0.2, -0.15) is 0 Å². The largest absolute Gasteiger partial charge is 0.290 e. The molecule has 2 heteroatoms. The van der Waals surface area contributed by atoms with E-state index in [4.69, 9.17) is 0 Å². The van der Waals surface area contributed by atoms with Crippen LogP contribution in [0.2, 0.25) is 0 Å². The molecule has 0 spiro atoms. The quantitative estimate of drug-likeness (QED) is 0.456. The molecular weight excluding hydrogens is 284 g/mol. The average Bonchev–Trinajstić information content (AvgIpc) is 2.48. The molecule has 3 aliphatic carbocycles. The Morgan fingerprint density at radius 3 is 1.91 bits per heavy atom. The van der Waals surface area contributed by atoms with Crippen molar-refractivity contribution in [3.05, 3.63) is 58.2 Å². The lowest BCUT2D eigenvalue weighted by Crippen LogP contribution is -2.13. The van der Waals surface area contributed by atoms with Crippen LogP contribution < -0.4 is 0 Å². The maximum absolute atomic E-state index is 12.2. The zero-order chi connectivity index (χ0) is 16.8. The van der Waals surface area contributed by atoms with Crippen LogP contribution in [0.5, 0.6) is 0 Å². The van der Waals surface area contributed by atoms with Crippen molar-refractivity contribution in [2.45, 2.75) is 59.3 Å². The highest BCUT2D eigenvalue weighted by atomic mass is 16.1. The second-order valence-corrected chi connectivity index (χ2v) is 6.68. The number of rotatable bonds is 0. The molecule has 0 heterocycles. The summed E-state index contributed by atoms with van der Waals surface area (Å²) in [7, 11) is 0. The van der Waals surface area contributed by atoms with E-state index in [0.717, 1.165) is 31.3 Å². The zero-order valence-electron chi connectivity index (χ0n) is 14.4. The van der Waals surface area contributed by atoms with Crippen LogP contribution in [0.4, 0.5) is 0 Å². The van der Waals surface area contributed by atoms with Crippen molar-refractivity contribution in [2.24, 2.45) is 0 Å². The first-order valence-electron chi connectivity index (χ1n) is 8.42. The van der Waals surface area contributed by atoms with E-state index >= 15 is 0 Å². The maximum Gasteiger partial charge on any atom is 0.182 e. The van der Waals surface area contributed by atoms with Gasteiger partial charge in [-0.1, -0.05) is 34.9 Å². The lowest BCUT2D eigenvalue weighted by atomic mass is 9.90.